The number of carbonyl (C=O) groups is 1. The summed E-state index contributed by atoms with van der Waals surface area (Å²) in [6.07, 6.45) is 2.35. The summed E-state index contributed by atoms with van der Waals surface area (Å²) in [6.45, 7) is 0. The second kappa shape index (κ2) is 5.52. The van der Waals surface area contributed by atoms with E-state index in [0.717, 1.165) is 6.42 Å². The number of methoxy groups -OCH3 is 1. The summed E-state index contributed by atoms with van der Waals surface area (Å²) >= 11 is 0. The van der Waals surface area contributed by atoms with Gasteiger partial charge in [0.2, 0.25) is 0 Å². The summed E-state index contributed by atoms with van der Waals surface area (Å²) in [7, 11) is 1.40. The Morgan fingerprint density at radius 1 is 1.41 bits per heavy atom. The van der Waals surface area contributed by atoms with Crippen molar-refractivity contribution in [1.29, 1.82) is 0 Å². The Hall–Kier alpha value is -1.06. The van der Waals surface area contributed by atoms with Crippen LogP contribution in [-0.2, 0) is 9.53 Å². The van der Waals surface area contributed by atoms with Crippen molar-refractivity contribution < 1.29 is 9.53 Å². The summed E-state index contributed by atoms with van der Waals surface area (Å²) in [4.78, 5) is 11.6. The number of benzene rings is 1. The molecular formula is C13H18ClNO2. The van der Waals surface area contributed by atoms with E-state index in [0.29, 0.717) is 18.8 Å². The Morgan fingerprint density at radius 2 is 2.06 bits per heavy atom. The van der Waals surface area contributed by atoms with Crippen molar-refractivity contribution in [2.45, 2.75) is 30.7 Å². The van der Waals surface area contributed by atoms with Crippen LogP contribution < -0.4 is 5.73 Å². The highest BCUT2D eigenvalue weighted by Crippen LogP contribution is 2.39. The topological polar surface area (TPSA) is 52.3 Å². The third-order valence-electron chi connectivity index (χ3n) is 3.41. The van der Waals surface area contributed by atoms with Gasteiger partial charge in [-0.3, -0.25) is 4.79 Å². The maximum absolute atomic E-state index is 11.6. The van der Waals surface area contributed by atoms with Gasteiger partial charge in [0.25, 0.3) is 0 Å². The fourth-order valence-corrected chi connectivity index (χ4v) is 2.47. The van der Waals surface area contributed by atoms with E-state index in [1.807, 2.05) is 18.2 Å². The predicted octanol–water partition coefficient (Wildman–Crippen LogP) is 2.25. The van der Waals surface area contributed by atoms with Crippen molar-refractivity contribution in [3.05, 3.63) is 35.9 Å². The fourth-order valence-electron chi connectivity index (χ4n) is 2.47. The molecule has 1 saturated carbocycles. The van der Waals surface area contributed by atoms with Gasteiger partial charge in [0.1, 0.15) is 5.54 Å². The summed E-state index contributed by atoms with van der Waals surface area (Å²) in [5.74, 6) is 0.0937. The molecule has 2 atom stereocenters. The van der Waals surface area contributed by atoms with Gasteiger partial charge in [-0.05, 0) is 30.7 Å². The minimum absolute atomic E-state index is 0. The van der Waals surface area contributed by atoms with Crippen LogP contribution in [0.1, 0.15) is 30.7 Å². The number of ether oxygens (including phenoxy) is 1. The van der Waals surface area contributed by atoms with Crippen LogP contribution in [0.25, 0.3) is 0 Å². The van der Waals surface area contributed by atoms with Gasteiger partial charge in [-0.15, -0.1) is 12.4 Å². The highest BCUT2D eigenvalue weighted by molar-refractivity contribution is 5.85. The molecule has 4 heteroatoms. The summed E-state index contributed by atoms with van der Waals surface area (Å²) in [5.41, 5.74) is 6.55. The number of hydrogen-bond donors (Lipinski definition) is 1. The highest BCUT2D eigenvalue weighted by atomic mass is 35.5. The zero-order valence-corrected chi connectivity index (χ0v) is 10.7. The third-order valence-corrected chi connectivity index (χ3v) is 3.41. The molecule has 0 heterocycles. The van der Waals surface area contributed by atoms with Crippen LogP contribution in [0.4, 0.5) is 0 Å². The second-order valence-electron chi connectivity index (χ2n) is 4.50. The Labute approximate surface area is 108 Å². The number of rotatable bonds is 2. The number of carbonyl (C=O) groups excluding carboxylic acids is 1. The molecule has 0 radical (unpaired) electrons. The second-order valence-corrected chi connectivity index (χ2v) is 4.50. The van der Waals surface area contributed by atoms with Gasteiger partial charge in [0.15, 0.2) is 0 Å². The smallest absolute Gasteiger partial charge is 0.325 e. The molecule has 0 aliphatic heterocycles. The first-order valence-electron chi connectivity index (χ1n) is 5.58. The van der Waals surface area contributed by atoms with Crippen molar-refractivity contribution >= 4 is 18.4 Å². The molecular weight excluding hydrogens is 238 g/mol. The molecule has 1 aliphatic rings. The molecule has 1 fully saturated rings. The van der Waals surface area contributed by atoms with Gasteiger partial charge in [-0.25, -0.2) is 0 Å². The largest absolute Gasteiger partial charge is 0.468 e. The number of nitrogens with two attached hydrogens (primary N) is 1. The van der Waals surface area contributed by atoms with E-state index in [2.05, 4.69) is 12.1 Å². The zero-order valence-electron chi connectivity index (χ0n) is 9.89. The molecule has 1 aromatic rings. The monoisotopic (exact) mass is 255 g/mol. The van der Waals surface area contributed by atoms with Crippen molar-refractivity contribution in [2.24, 2.45) is 5.73 Å². The molecule has 0 amide bonds. The van der Waals surface area contributed by atoms with Crippen molar-refractivity contribution in [1.82, 2.24) is 0 Å². The van der Waals surface area contributed by atoms with Gasteiger partial charge in [0.05, 0.1) is 7.11 Å². The van der Waals surface area contributed by atoms with E-state index in [4.69, 9.17) is 10.5 Å². The van der Waals surface area contributed by atoms with Gasteiger partial charge >= 0.3 is 5.97 Å². The normalized spacial score (nSPS) is 27.3. The Balaban J connectivity index is 0.00000144. The van der Waals surface area contributed by atoms with Crippen molar-refractivity contribution in [3.63, 3.8) is 0 Å². The lowest BCUT2D eigenvalue weighted by Crippen LogP contribution is -2.46. The molecule has 1 aromatic carbocycles. The van der Waals surface area contributed by atoms with E-state index in [9.17, 15) is 4.79 Å². The molecule has 0 bridgehead atoms. The molecule has 0 aromatic heterocycles. The zero-order chi connectivity index (χ0) is 11.6. The molecule has 2 rings (SSSR count). The van der Waals surface area contributed by atoms with Crippen LogP contribution in [0.5, 0.6) is 0 Å². The number of esters is 1. The Bertz CT molecular complexity index is 382. The molecule has 2 N–H and O–H groups in total. The minimum atomic E-state index is -0.782. The van der Waals surface area contributed by atoms with Crippen LogP contribution in [-0.4, -0.2) is 18.6 Å². The van der Waals surface area contributed by atoms with E-state index in [1.165, 1.54) is 12.7 Å². The molecule has 0 unspecified atom stereocenters. The first-order chi connectivity index (χ1) is 7.65. The van der Waals surface area contributed by atoms with Crippen LogP contribution in [0.15, 0.2) is 30.3 Å². The third kappa shape index (κ3) is 2.79. The lowest BCUT2D eigenvalue weighted by molar-refractivity contribution is -0.146. The van der Waals surface area contributed by atoms with E-state index >= 15 is 0 Å². The lowest BCUT2D eigenvalue weighted by atomic mass is 9.93. The van der Waals surface area contributed by atoms with Crippen molar-refractivity contribution in [3.8, 4) is 0 Å². The number of halogens is 1. The Morgan fingerprint density at radius 3 is 2.65 bits per heavy atom. The SMILES string of the molecule is COC(=O)[C@@]1(N)CC[C@H](c2ccccc2)C1.Cl. The molecule has 1 aliphatic carbocycles. The van der Waals surface area contributed by atoms with Gasteiger partial charge < -0.3 is 10.5 Å². The molecule has 0 saturated heterocycles. The van der Waals surface area contributed by atoms with Crippen LogP contribution >= 0.6 is 12.4 Å². The lowest BCUT2D eigenvalue weighted by Gasteiger charge is -2.20. The summed E-state index contributed by atoms with van der Waals surface area (Å²) in [5, 5.41) is 0. The van der Waals surface area contributed by atoms with Gasteiger partial charge in [0, 0.05) is 0 Å². The standard InChI is InChI=1S/C13H17NO2.ClH/c1-16-12(15)13(14)8-7-11(9-13)10-5-3-2-4-6-10;/h2-6,11H,7-9,14H2,1H3;1H/t11-,13+;/m0./s1. The minimum Gasteiger partial charge on any atom is -0.468 e. The summed E-state index contributed by atoms with van der Waals surface area (Å²) in [6, 6.07) is 10.2. The molecule has 94 valence electrons. The quantitative estimate of drug-likeness (QED) is 0.825. The average molecular weight is 256 g/mol. The van der Waals surface area contributed by atoms with E-state index in [-0.39, 0.29) is 18.4 Å². The van der Waals surface area contributed by atoms with Crippen LogP contribution in [0.2, 0.25) is 0 Å². The number of hydrogen-bond acceptors (Lipinski definition) is 3. The first kappa shape index (κ1) is 14.0. The van der Waals surface area contributed by atoms with E-state index < -0.39 is 5.54 Å². The first-order valence-corrected chi connectivity index (χ1v) is 5.58. The predicted molar refractivity (Wildman–Crippen MR) is 69.2 cm³/mol. The van der Waals surface area contributed by atoms with Crippen LogP contribution in [0, 0.1) is 0 Å². The molecule has 3 nitrogen and oxygen atoms in total. The van der Waals surface area contributed by atoms with Gasteiger partial charge in [-0.2, -0.15) is 0 Å². The maximum Gasteiger partial charge on any atom is 0.325 e. The fraction of sp³-hybridized carbons (Fsp3) is 0.462. The van der Waals surface area contributed by atoms with Crippen molar-refractivity contribution in [2.75, 3.05) is 7.11 Å². The van der Waals surface area contributed by atoms with E-state index in [1.54, 1.807) is 0 Å². The maximum atomic E-state index is 11.6. The molecule has 17 heavy (non-hydrogen) atoms. The molecule has 0 spiro atoms. The van der Waals surface area contributed by atoms with Crippen LogP contribution in [0.3, 0.4) is 0 Å². The highest BCUT2D eigenvalue weighted by Gasteiger charge is 2.43. The average Bonchev–Trinajstić information content (AvgIpc) is 2.73. The van der Waals surface area contributed by atoms with Gasteiger partial charge in [-0.1, -0.05) is 30.3 Å². The summed E-state index contributed by atoms with van der Waals surface area (Å²) < 4.78 is 4.76. The Kier molecular flexibility index (Phi) is 4.54.